The lowest BCUT2D eigenvalue weighted by Crippen LogP contribution is -2.36. The zero-order valence-electron chi connectivity index (χ0n) is 20.7. The van der Waals surface area contributed by atoms with Crippen molar-refractivity contribution in [2.24, 2.45) is 0 Å². The van der Waals surface area contributed by atoms with E-state index in [0.717, 1.165) is 43.6 Å². The van der Waals surface area contributed by atoms with Crippen LogP contribution >= 0.6 is 0 Å². The second-order valence-electron chi connectivity index (χ2n) is 9.19. The maximum absolute atomic E-state index is 13.8. The number of carbonyl (C=O) groups excluding carboxylic acids is 1. The van der Waals surface area contributed by atoms with Gasteiger partial charge in [-0.3, -0.25) is 4.79 Å². The summed E-state index contributed by atoms with van der Waals surface area (Å²) in [6.07, 6.45) is 2.28. The number of morpholine rings is 1. The summed E-state index contributed by atoms with van der Waals surface area (Å²) in [5, 5.41) is 3.07. The normalized spacial score (nSPS) is 14.6. The molecule has 9 heteroatoms. The molecule has 7 nitrogen and oxygen atoms in total. The molecule has 0 saturated carbocycles. The highest BCUT2D eigenvalue weighted by Crippen LogP contribution is 2.21. The van der Waals surface area contributed by atoms with E-state index in [0.29, 0.717) is 29.0 Å². The molecule has 1 atom stereocenters. The zero-order chi connectivity index (χ0) is 25.8. The van der Waals surface area contributed by atoms with E-state index in [2.05, 4.69) is 32.3 Å². The van der Waals surface area contributed by atoms with Crippen LogP contribution in [0.3, 0.4) is 0 Å². The first-order chi connectivity index (χ1) is 18.0. The molecule has 0 radical (unpaired) electrons. The third kappa shape index (κ3) is 5.77. The van der Waals surface area contributed by atoms with Crippen LogP contribution in [0.2, 0.25) is 0 Å². The van der Waals surface area contributed by atoms with Crippen molar-refractivity contribution in [1.82, 2.24) is 19.9 Å². The number of imidazole rings is 1. The molecule has 4 aromatic rings. The van der Waals surface area contributed by atoms with Gasteiger partial charge in [-0.2, -0.15) is 0 Å². The first-order valence-corrected chi connectivity index (χ1v) is 12.4. The zero-order valence-corrected chi connectivity index (χ0v) is 20.7. The molecule has 2 aromatic heterocycles. The molecule has 2 aromatic carbocycles. The molecule has 1 fully saturated rings. The fourth-order valence-corrected chi connectivity index (χ4v) is 4.60. The Morgan fingerprint density at radius 2 is 1.86 bits per heavy atom. The van der Waals surface area contributed by atoms with Gasteiger partial charge in [0, 0.05) is 37.8 Å². The summed E-state index contributed by atoms with van der Waals surface area (Å²) in [5.74, 6) is -1.22. The second-order valence-corrected chi connectivity index (χ2v) is 9.19. The molecule has 1 saturated heterocycles. The average molecular weight is 506 g/mol. The number of pyridine rings is 1. The lowest BCUT2D eigenvalue weighted by molar-refractivity contribution is -0.121. The molecule has 37 heavy (non-hydrogen) atoms. The quantitative estimate of drug-likeness (QED) is 0.384. The van der Waals surface area contributed by atoms with Crippen LogP contribution in [0.4, 0.5) is 14.5 Å². The average Bonchev–Trinajstić information content (AvgIpc) is 3.27. The molecule has 3 heterocycles. The minimum Gasteiger partial charge on any atom is -0.378 e. The van der Waals surface area contributed by atoms with Gasteiger partial charge in [0.2, 0.25) is 5.91 Å². The fraction of sp³-hybridized carbons (Fsp3) is 0.321. The number of carbonyl (C=O) groups is 1. The Hall–Kier alpha value is -3.85. The predicted octanol–water partition coefficient (Wildman–Crippen LogP) is 4.40. The van der Waals surface area contributed by atoms with Crippen molar-refractivity contribution in [2.75, 3.05) is 31.2 Å². The summed E-state index contributed by atoms with van der Waals surface area (Å²) >= 11 is 0. The first-order valence-electron chi connectivity index (χ1n) is 12.4. The first kappa shape index (κ1) is 24.8. The number of amides is 1. The van der Waals surface area contributed by atoms with Crippen LogP contribution in [0.25, 0.3) is 11.2 Å². The van der Waals surface area contributed by atoms with E-state index in [-0.39, 0.29) is 24.9 Å². The highest BCUT2D eigenvalue weighted by Gasteiger charge is 2.17. The molecule has 0 unspecified atom stereocenters. The lowest BCUT2D eigenvalue weighted by atomic mass is 10.1. The summed E-state index contributed by atoms with van der Waals surface area (Å²) < 4.78 is 34.4. The number of aromatic nitrogens is 3. The van der Waals surface area contributed by atoms with Crippen molar-refractivity contribution in [1.29, 1.82) is 0 Å². The minimum atomic E-state index is -0.900. The number of anilines is 1. The summed E-state index contributed by atoms with van der Waals surface area (Å²) in [5.41, 5.74) is 4.09. The number of hydrogen-bond acceptors (Lipinski definition) is 5. The number of ether oxygens (including phenoxy) is 1. The topological polar surface area (TPSA) is 72.3 Å². The van der Waals surface area contributed by atoms with Gasteiger partial charge >= 0.3 is 0 Å². The standard InChI is InChI=1S/C28H29F2N5O2/c1-19(21-5-7-22(8-6-21)34-13-15-37-16-14-34)32-27(36)11-10-26-33-25-3-2-12-31-28(25)35(26)18-20-4-9-23(29)24(30)17-20/h2-9,12,17,19H,10-11,13-16,18H2,1H3,(H,32,36)/t19-/m0/s1. The number of nitrogens with one attached hydrogen (secondary N) is 1. The number of benzene rings is 2. The molecular weight excluding hydrogens is 476 g/mol. The Balaban J connectivity index is 1.24. The molecule has 0 spiro atoms. The Morgan fingerprint density at radius 3 is 2.62 bits per heavy atom. The van der Waals surface area contributed by atoms with Crippen LogP contribution in [-0.4, -0.2) is 46.7 Å². The van der Waals surface area contributed by atoms with Crippen molar-refractivity contribution in [3.05, 3.63) is 89.4 Å². The van der Waals surface area contributed by atoms with E-state index in [1.54, 1.807) is 12.3 Å². The second kappa shape index (κ2) is 11.0. The van der Waals surface area contributed by atoms with Crippen LogP contribution in [0.5, 0.6) is 0 Å². The van der Waals surface area contributed by atoms with Gasteiger partial charge in [0.05, 0.1) is 25.8 Å². The number of rotatable bonds is 8. The van der Waals surface area contributed by atoms with Gasteiger partial charge < -0.3 is 19.5 Å². The number of aryl methyl sites for hydroxylation is 1. The lowest BCUT2D eigenvalue weighted by Gasteiger charge is -2.29. The highest BCUT2D eigenvalue weighted by molar-refractivity contribution is 5.77. The smallest absolute Gasteiger partial charge is 0.220 e. The Morgan fingerprint density at radius 1 is 1.08 bits per heavy atom. The van der Waals surface area contributed by atoms with Crippen LogP contribution in [0.15, 0.2) is 60.8 Å². The number of hydrogen-bond donors (Lipinski definition) is 1. The SMILES string of the molecule is C[C@H](NC(=O)CCc1nc2cccnc2n1Cc1ccc(F)c(F)c1)c1ccc(N2CCOCC2)cc1. The molecule has 0 aliphatic carbocycles. The van der Waals surface area contributed by atoms with E-state index in [9.17, 15) is 13.6 Å². The van der Waals surface area contributed by atoms with Crippen LogP contribution < -0.4 is 10.2 Å². The molecule has 1 amide bonds. The maximum atomic E-state index is 13.8. The predicted molar refractivity (Wildman–Crippen MR) is 137 cm³/mol. The summed E-state index contributed by atoms with van der Waals surface area (Å²) in [6.45, 7) is 5.46. The number of fused-ring (bicyclic) bond motifs is 1. The van der Waals surface area contributed by atoms with Gasteiger partial charge in [-0.05, 0) is 54.4 Å². The molecular formula is C28H29F2N5O2. The van der Waals surface area contributed by atoms with Gasteiger partial charge in [-0.1, -0.05) is 18.2 Å². The van der Waals surface area contributed by atoms with Crippen LogP contribution in [0.1, 0.15) is 36.3 Å². The third-order valence-electron chi connectivity index (χ3n) is 6.63. The van der Waals surface area contributed by atoms with Gasteiger partial charge in [0.1, 0.15) is 11.3 Å². The van der Waals surface area contributed by atoms with E-state index in [1.165, 1.54) is 12.1 Å². The molecule has 1 aliphatic rings. The van der Waals surface area contributed by atoms with E-state index >= 15 is 0 Å². The Labute approximate surface area is 214 Å². The van der Waals surface area contributed by atoms with Gasteiger partial charge in [-0.15, -0.1) is 0 Å². The van der Waals surface area contributed by atoms with E-state index in [1.807, 2.05) is 29.7 Å². The molecule has 1 N–H and O–H groups in total. The van der Waals surface area contributed by atoms with Crippen LogP contribution in [-0.2, 0) is 22.5 Å². The van der Waals surface area contributed by atoms with Crippen molar-refractivity contribution >= 4 is 22.8 Å². The number of nitrogens with zero attached hydrogens (tertiary/aromatic N) is 4. The molecule has 192 valence electrons. The van der Waals surface area contributed by atoms with E-state index in [4.69, 9.17) is 4.74 Å². The van der Waals surface area contributed by atoms with Gasteiger partial charge in [0.15, 0.2) is 17.3 Å². The maximum Gasteiger partial charge on any atom is 0.220 e. The van der Waals surface area contributed by atoms with Gasteiger partial charge in [-0.25, -0.2) is 18.7 Å². The van der Waals surface area contributed by atoms with E-state index < -0.39 is 11.6 Å². The fourth-order valence-electron chi connectivity index (χ4n) is 4.60. The molecule has 0 bridgehead atoms. The van der Waals surface area contributed by atoms with Crippen molar-refractivity contribution < 1.29 is 18.3 Å². The monoisotopic (exact) mass is 505 g/mol. The van der Waals surface area contributed by atoms with Gasteiger partial charge in [0.25, 0.3) is 0 Å². The summed E-state index contributed by atoms with van der Waals surface area (Å²) in [4.78, 5) is 24.2. The van der Waals surface area contributed by atoms with Crippen molar-refractivity contribution in [3.63, 3.8) is 0 Å². The summed E-state index contributed by atoms with van der Waals surface area (Å²) in [6, 6.07) is 15.6. The molecule has 5 rings (SSSR count). The molecule has 1 aliphatic heterocycles. The third-order valence-corrected chi connectivity index (χ3v) is 6.63. The largest absolute Gasteiger partial charge is 0.378 e. The van der Waals surface area contributed by atoms with Crippen molar-refractivity contribution in [3.8, 4) is 0 Å². The summed E-state index contributed by atoms with van der Waals surface area (Å²) in [7, 11) is 0. The Kier molecular flexibility index (Phi) is 7.41. The number of halogens is 2. The van der Waals surface area contributed by atoms with Crippen molar-refractivity contribution in [2.45, 2.75) is 32.4 Å². The minimum absolute atomic E-state index is 0.0934. The Bertz CT molecular complexity index is 1380. The highest BCUT2D eigenvalue weighted by atomic mass is 19.2. The van der Waals surface area contributed by atoms with Crippen LogP contribution in [0, 0.1) is 11.6 Å².